The molecule has 17 heavy (non-hydrogen) atoms. The first kappa shape index (κ1) is 11.7. The van der Waals surface area contributed by atoms with E-state index in [0.717, 1.165) is 0 Å². The molecule has 1 aromatic heterocycles. The standard InChI is InChI=1S/C9H13N5O3/c1-3(15)6(16)4-2-11-7-5(12-4)8(17)14-9(10)13-7/h3-4,6,15-16H,2H2,1H3,(H3,10,11,13,14,17)/t3-,4+,6+/m0/s1. The van der Waals surface area contributed by atoms with E-state index in [4.69, 9.17) is 5.73 Å². The predicted octanol–water partition coefficient (Wildman–Crippen LogP) is -3.28. The van der Waals surface area contributed by atoms with E-state index in [1.807, 2.05) is 0 Å². The van der Waals surface area contributed by atoms with Crippen LogP contribution in [0.2, 0.25) is 0 Å². The summed E-state index contributed by atoms with van der Waals surface area (Å²) >= 11 is 0. The summed E-state index contributed by atoms with van der Waals surface area (Å²) in [4.78, 5) is 25.7. The third kappa shape index (κ3) is 2.17. The monoisotopic (exact) mass is 239 g/mol. The van der Waals surface area contributed by atoms with Crippen molar-refractivity contribution >= 4 is 5.95 Å². The first-order chi connectivity index (χ1) is 7.99. The van der Waals surface area contributed by atoms with Gasteiger partial charge in [0.25, 0.3) is 5.56 Å². The first-order valence-electron chi connectivity index (χ1n) is 5.13. The number of fused-ring (bicyclic) bond motifs is 1. The molecule has 0 saturated heterocycles. The van der Waals surface area contributed by atoms with Crippen LogP contribution in [0.4, 0.5) is 5.95 Å². The molecule has 2 rings (SSSR count). The van der Waals surface area contributed by atoms with E-state index in [-0.39, 0.29) is 23.3 Å². The van der Waals surface area contributed by atoms with Crippen LogP contribution in [0, 0.1) is 0 Å². The lowest BCUT2D eigenvalue weighted by Gasteiger charge is -2.21. The summed E-state index contributed by atoms with van der Waals surface area (Å²) in [6.07, 6.45) is -2.01. The Hall–Kier alpha value is -1.80. The Morgan fingerprint density at radius 2 is 2.24 bits per heavy atom. The summed E-state index contributed by atoms with van der Waals surface area (Å²) in [7, 11) is 0. The van der Waals surface area contributed by atoms with Crippen LogP contribution in [-0.2, 0) is 0 Å². The number of hydrogen-bond acceptors (Lipinski definition) is 7. The van der Waals surface area contributed by atoms with Crippen LogP contribution in [0.25, 0.3) is 0 Å². The van der Waals surface area contributed by atoms with Gasteiger partial charge in [-0.1, -0.05) is 0 Å². The number of nitrogens with zero attached hydrogens (tertiary/aromatic N) is 3. The van der Waals surface area contributed by atoms with Crippen molar-refractivity contribution in [2.75, 3.05) is 12.3 Å². The number of rotatable bonds is 2. The van der Waals surface area contributed by atoms with Gasteiger partial charge < -0.3 is 15.9 Å². The maximum Gasteiger partial charge on any atom is 0.280 e. The molecule has 0 radical (unpaired) electrons. The minimum Gasteiger partial charge on any atom is -0.391 e. The predicted molar refractivity (Wildman–Crippen MR) is 57.9 cm³/mol. The number of nitrogen functional groups attached to an aromatic ring is 1. The van der Waals surface area contributed by atoms with Gasteiger partial charge in [-0.2, -0.15) is 4.98 Å². The second-order valence-corrected chi connectivity index (χ2v) is 3.89. The van der Waals surface area contributed by atoms with Gasteiger partial charge in [0, 0.05) is 0 Å². The van der Waals surface area contributed by atoms with E-state index in [1.54, 1.807) is 0 Å². The second kappa shape index (κ2) is 4.22. The van der Waals surface area contributed by atoms with Crippen LogP contribution in [0.15, 0.2) is 14.8 Å². The van der Waals surface area contributed by atoms with Gasteiger partial charge in [-0.05, 0) is 6.92 Å². The molecule has 0 bridgehead atoms. The highest BCUT2D eigenvalue weighted by Gasteiger charge is 2.24. The Bertz CT molecular complexity index is 594. The number of aliphatic hydroxyl groups is 2. The smallest absolute Gasteiger partial charge is 0.280 e. The molecular formula is C9H13N5O3. The van der Waals surface area contributed by atoms with Crippen LogP contribution < -0.4 is 22.1 Å². The highest BCUT2D eigenvalue weighted by Crippen LogP contribution is 2.04. The minimum absolute atomic E-state index is 0.0257. The summed E-state index contributed by atoms with van der Waals surface area (Å²) in [5.41, 5.74) is 5.03. The third-order valence-electron chi connectivity index (χ3n) is 2.51. The number of aromatic amines is 1. The van der Waals surface area contributed by atoms with E-state index in [1.165, 1.54) is 6.92 Å². The summed E-state index contributed by atoms with van der Waals surface area (Å²) in [5, 5.41) is 19.0. The number of aliphatic hydroxyl groups excluding tert-OH is 2. The van der Waals surface area contributed by atoms with E-state index in [0.29, 0.717) is 0 Å². The number of aromatic nitrogens is 2. The van der Waals surface area contributed by atoms with E-state index in [9.17, 15) is 15.0 Å². The normalized spacial score (nSPS) is 21.9. The summed E-state index contributed by atoms with van der Waals surface area (Å²) in [5.74, 6) is -0.0257. The molecule has 0 aliphatic carbocycles. The Morgan fingerprint density at radius 1 is 1.53 bits per heavy atom. The second-order valence-electron chi connectivity index (χ2n) is 3.89. The molecular weight excluding hydrogens is 226 g/mol. The molecule has 0 saturated carbocycles. The summed E-state index contributed by atoms with van der Waals surface area (Å²) < 4.78 is 0. The Balaban J connectivity index is 2.51. The van der Waals surface area contributed by atoms with Crippen molar-refractivity contribution in [2.24, 2.45) is 9.98 Å². The maximum atomic E-state index is 11.5. The topological polar surface area (TPSA) is 137 Å². The first-order valence-corrected chi connectivity index (χ1v) is 5.13. The van der Waals surface area contributed by atoms with Crippen molar-refractivity contribution in [3.8, 4) is 0 Å². The average molecular weight is 239 g/mol. The highest BCUT2D eigenvalue weighted by atomic mass is 16.3. The molecule has 2 heterocycles. The van der Waals surface area contributed by atoms with E-state index in [2.05, 4.69) is 20.0 Å². The number of hydrogen-bond donors (Lipinski definition) is 4. The molecule has 0 unspecified atom stereocenters. The van der Waals surface area contributed by atoms with Crippen molar-refractivity contribution in [2.45, 2.75) is 25.2 Å². The minimum atomic E-state index is -1.07. The van der Waals surface area contributed by atoms with Crippen LogP contribution in [-0.4, -0.2) is 45.0 Å². The molecule has 1 aliphatic rings. The number of nitrogens with two attached hydrogens (primary N) is 1. The number of anilines is 1. The fraction of sp³-hybridized carbons (Fsp3) is 0.556. The zero-order chi connectivity index (χ0) is 12.6. The lowest BCUT2D eigenvalue weighted by Crippen LogP contribution is -2.50. The molecule has 3 atom stereocenters. The molecule has 8 nitrogen and oxygen atoms in total. The van der Waals surface area contributed by atoms with Crippen LogP contribution >= 0.6 is 0 Å². The van der Waals surface area contributed by atoms with Crippen LogP contribution in [0.3, 0.4) is 0 Å². The van der Waals surface area contributed by atoms with Gasteiger partial charge in [0.15, 0.2) is 10.8 Å². The molecule has 0 spiro atoms. The lowest BCUT2D eigenvalue weighted by molar-refractivity contribution is 0.0160. The number of nitrogens with one attached hydrogen (secondary N) is 1. The molecule has 8 heteroatoms. The van der Waals surface area contributed by atoms with Gasteiger partial charge in [0.2, 0.25) is 5.95 Å². The Kier molecular flexibility index (Phi) is 2.90. The molecule has 0 aromatic carbocycles. The van der Waals surface area contributed by atoms with Gasteiger partial charge in [-0.15, -0.1) is 0 Å². The van der Waals surface area contributed by atoms with Crippen molar-refractivity contribution in [3.05, 3.63) is 21.2 Å². The largest absolute Gasteiger partial charge is 0.391 e. The zero-order valence-electron chi connectivity index (χ0n) is 9.16. The van der Waals surface area contributed by atoms with Gasteiger partial charge in [0.05, 0.1) is 18.7 Å². The van der Waals surface area contributed by atoms with Gasteiger partial charge in [-0.3, -0.25) is 19.8 Å². The Morgan fingerprint density at radius 3 is 2.88 bits per heavy atom. The molecule has 1 aliphatic heterocycles. The van der Waals surface area contributed by atoms with Gasteiger partial charge in [-0.25, -0.2) is 0 Å². The van der Waals surface area contributed by atoms with Crippen LogP contribution in [0.5, 0.6) is 0 Å². The fourth-order valence-corrected chi connectivity index (χ4v) is 1.59. The van der Waals surface area contributed by atoms with Crippen molar-refractivity contribution in [1.29, 1.82) is 0 Å². The zero-order valence-corrected chi connectivity index (χ0v) is 9.16. The fourth-order valence-electron chi connectivity index (χ4n) is 1.59. The highest BCUT2D eigenvalue weighted by molar-refractivity contribution is 5.12. The summed E-state index contributed by atoms with van der Waals surface area (Å²) in [6.45, 7) is 1.61. The SMILES string of the molecule is C[C@H](O)[C@@H](O)[C@H]1CN=c2nc(N)[nH]c(=O)c2=N1. The van der Waals surface area contributed by atoms with E-state index < -0.39 is 23.8 Å². The molecule has 92 valence electrons. The van der Waals surface area contributed by atoms with E-state index >= 15 is 0 Å². The van der Waals surface area contributed by atoms with Crippen LogP contribution in [0.1, 0.15) is 6.92 Å². The molecule has 0 fully saturated rings. The lowest BCUT2D eigenvalue weighted by atomic mass is 10.1. The molecule has 5 N–H and O–H groups in total. The summed E-state index contributed by atoms with van der Waals surface area (Å²) in [6, 6.07) is -0.644. The van der Waals surface area contributed by atoms with Gasteiger partial charge in [0.1, 0.15) is 6.10 Å². The third-order valence-corrected chi connectivity index (χ3v) is 2.51. The maximum absolute atomic E-state index is 11.5. The van der Waals surface area contributed by atoms with Crippen molar-refractivity contribution < 1.29 is 10.2 Å². The molecule has 0 amide bonds. The molecule has 1 aromatic rings. The quantitative estimate of drug-likeness (QED) is 0.429. The van der Waals surface area contributed by atoms with Gasteiger partial charge >= 0.3 is 0 Å². The average Bonchev–Trinajstić information content (AvgIpc) is 2.27. The van der Waals surface area contributed by atoms with Crippen molar-refractivity contribution in [1.82, 2.24) is 9.97 Å². The number of H-pyrrole nitrogens is 1. The van der Waals surface area contributed by atoms with Crippen molar-refractivity contribution in [3.63, 3.8) is 0 Å². The Labute approximate surface area is 95.6 Å².